The first-order valence-corrected chi connectivity index (χ1v) is 7.26. The van der Waals surface area contributed by atoms with Gasteiger partial charge in [0.15, 0.2) is 0 Å². The molecule has 0 radical (unpaired) electrons. The highest BCUT2D eigenvalue weighted by Crippen LogP contribution is 2.00. The van der Waals surface area contributed by atoms with Gasteiger partial charge in [-0.2, -0.15) is 0 Å². The average molecular weight is 268 g/mol. The van der Waals surface area contributed by atoms with Crippen molar-refractivity contribution in [2.24, 2.45) is 5.92 Å². The van der Waals surface area contributed by atoms with Gasteiger partial charge in [0, 0.05) is 0 Å². The molecular weight excluding hydrogens is 240 g/mol. The second-order valence-corrected chi connectivity index (χ2v) is 4.94. The van der Waals surface area contributed by atoms with Gasteiger partial charge in [0.2, 0.25) is 0 Å². The summed E-state index contributed by atoms with van der Waals surface area (Å²) in [5.41, 5.74) is 0. The molecule has 0 aromatic carbocycles. The van der Waals surface area contributed by atoms with Gasteiger partial charge in [-0.15, -0.1) is 0 Å². The molecule has 0 saturated heterocycles. The van der Waals surface area contributed by atoms with Crippen LogP contribution in [0.25, 0.3) is 0 Å². The maximum atomic E-state index is 11.1. The number of carbonyl (C=O) groups is 1. The van der Waals surface area contributed by atoms with Crippen LogP contribution in [0.3, 0.4) is 0 Å². The largest absolute Gasteiger partial charge is 0.508 e. The van der Waals surface area contributed by atoms with Crippen LogP contribution in [0.2, 0.25) is 0 Å². The number of hydrogen-bond donors (Lipinski definition) is 0. The van der Waals surface area contributed by atoms with Crippen LogP contribution in [0.15, 0.2) is 24.3 Å². The highest BCUT2D eigenvalue weighted by molar-refractivity contribution is 5.59. The van der Waals surface area contributed by atoms with Crippen LogP contribution < -0.4 is 0 Å². The van der Waals surface area contributed by atoms with Crippen LogP contribution in [0.1, 0.15) is 52.9 Å². The molecule has 0 rings (SSSR count). The lowest BCUT2D eigenvalue weighted by atomic mass is 10.2. The Kier molecular flexibility index (Phi) is 12.3. The minimum atomic E-state index is -0.589. The Morgan fingerprint density at radius 3 is 2.47 bits per heavy atom. The van der Waals surface area contributed by atoms with Gasteiger partial charge in [0.25, 0.3) is 0 Å². The van der Waals surface area contributed by atoms with Gasteiger partial charge in [-0.25, -0.2) is 4.79 Å². The summed E-state index contributed by atoms with van der Waals surface area (Å²) in [6, 6.07) is 0. The Bertz CT molecular complexity index is 267. The monoisotopic (exact) mass is 268 g/mol. The number of allylic oxidation sites excluding steroid dienone is 3. The van der Waals surface area contributed by atoms with Crippen LogP contribution in [-0.2, 0) is 9.47 Å². The van der Waals surface area contributed by atoms with E-state index in [9.17, 15) is 4.79 Å². The number of unbranched alkanes of at least 4 members (excludes halogenated alkanes) is 3. The van der Waals surface area contributed by atoms with Crippen molar-refractivity contribution >= 4 is 6.16 Å². The minimum absolute atomic E-state index is 0.278. The maximum absolute atomic E-state index is 11.1. The van der Waals surface area contributed by atoms with Gasteiger partial charge in [-0.05, 0) is 25.2 Å². The molecule has 0 aromatic heterocycles. The number of hydrogen-bond acceptors (Lipinski definition) is 3. The lowest BCUT2D eigenvalue weighted by molar-refractivity contribution is 0.0550. The lowest BCUT2D eigenvalue weighted by Gasteiger charge is -2.06. The summed E-state index contributed by atoms with van der Waals surface area (Å²) >= 11 is 0. The predicted octanol–water partition coefficient (Wildman–Crippen LogP) is 4.88. The van der Waals surface area contributed by atoms with Gasteiger partial charge in [0.05, 0.1) is 6.61 Å². The van der Waals surface area contributed by atoms with Crippen LogP contribution in [0.5, 0.6) is 0 Å². The summed E-state index contributed by atoms with van der Waals surface area (Å²) in [7, 11) is 0. The van der Waals surface area contributed by atoms with E-state index in [1.54, 1.807) is 0 Å². The number of ether oxygens (including phenoxy) is 2. The lowest BCUT2D eigenvalue weighted by Crippen LogP contribution is -2.11. The molecule has 0 aliphatic heterocycles. The summed E-state index contributed by atoms with van der Waals surface area (Å²) in [5.74, 6) is 0.334. The minimum Gasteiger partial charge on any atom is -0.434 e. The van der Waals surface area contributed by atoms with Crippen LogP contribution in [0, 0.1) is 5.92 Å². The highest BCUT2D eigenvalue weighted by atomic mass is 16.7. The fourth-order valence-corrected chi connectivity index (χ4v) is 1.36. The third kappa shape index (κ3) is 14.7. The summed E-state index contributed by atoms with van der Waals surface area (Å²) in [5, 5.41) is 0. The summed E-state index contributed by atoms with van der Waals surface area (Å²) in [4.78, 5) is 11.1. The molecule has 0 unspecified atom stereocenters. The van der Waals surface area contributed by atoms with Crippen molar-refractivity contribution in [2.45, 2.75) is 52.9 Å². The number of rotatable bonds is 10. The standard InChI is InChI=1S/C16H28O3/c1-4-5-6-7-8-9-10-11-12-13-18-16(17)19-14-15(2)3/h8-9,11-12,15H,4-7,10,13-14H2,1-3H3/b9-8-,12-11-. The van der Waals surface area contributed by atoms with E-state index in [0.717, 1.165) is 12.8 Å². The molecule has 0 spiro atoms. The van der Waals surface area contributed by atoms with Gasteiger partial charge < -0.3 is 9.47 Å². The first kappa shape index (κ1) is 17.8. The average Bonchev–Trinajstić information content (AvgIpc) is 2.38. The molecule has 110 valence electrons. The predicted molar refractivity (Wildman–Crippen MR) is 79.2 cm³/mol. The van der Waals surface area contributed by atoms with E-state index in [1.807, 2.05) is 26.0 Å². The van der Waals surface area contributed by atoms with Crippen molar-refractivity contribution in [2.75, 3.05) is 13.2 Å². The molecule has 0 amide bonds. The second kappa shape index (κ2) is 13.2. The van der Waals surface area contributed by atoms with Crippen molar-refractivity contribution in [3.05, 3.63) is 24.3 Å². The van der Waals surface area contributed by atoms with Crippen LogP contribution in [0.4, 0.5) is 4.79 Å². The summed E-state index contributed by atoms with van der Waals surface area (Å²) < 4.78 is 9.76. The second-order valence-electron chi connectivity index (χ2n) is 4.94. The van der Waals surface area contributed by atoms with Crippen molar-refractivity contribution in [1.82, 2.24) is 0 Å². The fourth-order valence-electron chi connectivity index (χ4n) is 1.36. The van der Waals surface area contributed by atoms with E-state index in [1.165, 1.54) is 19.3 Å². The van der Waals surface area contributed by atoms with Crippen molar-refractivity contribution in [3.8, 4) is 0 Å². The van der Waals surface area contributed by atoms with Gasteiger partial charge in [-0.1, -0.05) is 57.9 Å². The first-order valence-electron chi connectivity index (χ1n) is 7.26. The van der Waals surface area contributed by atoms with Crippen molar-refractivity contribution < 1.29 is 14.3 Å². The quantitative estimate of drug-likeness (QED) is 0.322. The molecule has 3 heteroatoms. The molecule has 0 saturated carbocycles. The fraction of sp³-hybridized carbons (Fsp3) is 0.688. The molecule has 3 nitrogen and oxygen atoms in total. The van der Waals surface area contributed by atoms with E-state index < -0.39 is 6.16 Å². The molecular formula is C16H28O3. The van der Waals surface area contributed by atoms with E-state index in [-0.39, 0.29) is 6.61 Å². The molecule has 0 N–H and O–H groups in total. The molecule has 0 heterocycles. The molecule has 0 atom stereocenters. The Morgan fingerprint density at radius 2 is 1.79 bits per heavy atom. The van der Waals surface area contributed by atoms with Gasteiger partial charge in [0.1, 0.15) is 6.61 Å². The van der Waals surface area contributed by atoms with E-state index in [2.05, 4.69) is 19.1 Å². The summed E-state index contributed by atoms with van der Waals surface area (Å²) in [6.07, 6.45) is 13.5. The Labute approximate surface area is 117 Å². The third-order valence-electron chi connectivity index (χ3n) is 2.41. The highest BCUT2D eigenvalue weighted by Gasteiger charge is 2.03. The molecule has 0 aliphatic carbocycles. The summed E-state index contributed by atoms with van der Waals surface area (Å²) in [6.45, 7) is 6.86. The van der Waals surface area contributed by atoms with E-state index in [4.69, 9.17) is 9.47 Å². The van der Waals surface area contributed by atoms with Crippen LogP contribution in [-0.4, -0.2) is 19.4 Å². The number of carbonyl (C=O) groups excluding carboxylic acids is 1. The maximum Gasteiger partial charge on any atom is 0.508 e. The topological polar surface area (TPSA) is 35.5 Å². The van der Waals surface area contributed by atoms with Gasteiger partial charge in [-0.3, -0.25) is 0 Å². The third-order valence-corrected chi connectivity index (χ3v) is 2.41. The Balaban J connectivity index is 3.40. The molecule has 0 aliphatic rings. The SMILES string of the molecule is CCCCC/C=C\C/C=C\COC(=O)OCC(C)C. The van der Waals surface area contributed by atoms with E-state index in [0.29, 0.717) is 12.5 Å². The van der Waals surface area contributed by atoms with E-state index >= 15 is 0 Å². The molecule has 0 fully saturated rings. The van der Waals surface area contributed by atoms with Crippen LogP contribution >= 0.6 is 0 Å². The van der Waals surface area contributed by atoms with Crippen molar-refractivity contribution in [1.29, 1.82) is 0 Å². The zero-order chi connectivity index (χ0) is 14.3. The molecule has 0 bridgehead atoms. The Morgan fingerprint density at radius 1 is 1.05 bits per heavy atom. The molecule has 19 heavy (non-hydrogen) atoms. The zero-order valence-electron chi connectivity index (χ0n) is 12.6. The Hall–Kier alpha value is -1.25. The van der Waals surface area contributed by atoms with Gasteiger partial charge >= 0.3 is 6.16 Å². The first-order chi connectivity index (χ1) is 9.16. The zero-order valence-corrected chi connectivity index (χ0v) is 12.6. The smallest absolute Gasteiger partial charge is 0.434 e. The normalized spacial score (nSPS) is 11.6. The van der Waals surface area contributed by atoms with Crippen molar-refractivity contribution in [3.63, 3.8) is 0 Å². The molecule has 0 aromatic rings.